The van der Waals surface area contributed by atoms with Crippen molar-refractivity contribution in [1.29, 1.82) is 0 Å². The van der Waals surface area contributed by atoms with Crippen molar-refractivity contribution in [2.75, 3.05) is 6.54 Å². The van der Waals surface area contributed by atoms with E-state index in [0.717, 1.165) is 13.1 Å². The highest BCUT2D eigenvalue weighted by molar-refractivity contribution is 5.21. The Balaban J connectivity index is 2.03. The van der Waals surface area contributed by atoms with Crippen molar-refractivity contribution in [3.63, 3.8) is 0 Å². The molecule has 1 aromatic carbocycles. The molecule has 0 spiro atoms. The fourth-order valence-electron chi connectivity index (χ4n) is 1.91. The van der Waals surface area contributed by atoms with Crippen LogP contribution in [0.3, 0.4) is 0 Å². The lowest BCUT2D eigenvalue weighted by molar-refractivity contribution is 0.583. The molecule has 0 aliphatic rings. The van der Waals surface area contributed by atoms with Gasteiger partial charge < -0.3 is 5.32 Å². The standard InChI is InChI=1S/C15H25N/c1-3-4-5-6-7-11-16-13-15-10-8-9-14(2)12-15/h8-10,12,16H,3-7,11,13H2,1-2H3. The van der Waals surface area contributed by atoms with Crippen LogP contribution in [0.1, 0.15) is 50.2 Å². The Bertz CT molecular complexity index is 281. The molecular weight excluding hydrogens is 194 g/mol. The molecule has 0 amide bonds. The molecule has 0 unspecified atom stereocenters. The van der Waals surface area contributed by atoms with E-state index in [0.29, 0.717) is 0 Å². The zero-order valence-corrected chi connectivity index (χ0v) is 10.8. The normalized spacial score (nSPS) is 10.6. The average molecular weight is 219 g/mol. The first-order valence-electron chi connectivity index (χ1n) is 6.59. The smallest absolute Gasteiger partial charge is 0.0205 e. The average Bonchev–Trinajstić information content (AvgIpc) is 2.28. The molecule has 0 radical (unpaired) electrons. The maximum Gasteiger partial charge on any atom is 0.0205 e. The predicted molar refractivity (Wildman–Crippen MR) is 71.6 cm³/mol. The third-order valence-electron chi connectivity index (χ3n) is 2.87. The first-order valence-corrected chi connectivity index (χ1v) is 6.59. The molecule has 0 aromatic heterocycles. The monoisotopic (exact) mass is 219 g/mol. The van der Waals surface area contributed by atoms with E-state index >= 15 is 0 Å². The van der Waals surface area contributed by atoms with Gasteiger partial charge in [-0.05, 0) is 25.5 Å². The van der Waals surface area contributed by atoms with Crippen LogP contribution in [0, 0.1) is 6.92 Å². The summed E-state index contributed by atoms with van der Waals surface area (Å²) in [7, 11) is 0. The minimum Gasteiger partial charge on any atom is -0.313 e. The molecular formula is C15H25N. The Morgan fingerprint density at radius 1 is 1.06 bits per heavy atom. The van der Waals surface area contributed by atoms with Crippen LogP contribution in [-0.4, -0.2) is 6.54 Å². The van der Waals surface area contributed by atoms with Crippen LogP contribution in [0.4, 0.5) is 0 Å². The van der Waals surface area contributed by atoms with Crippen molar-refractivity contribution < 1.29 is 0 Å². The summed E-state index contributed by atoms with van der Waals surface area (Å²) in [6.45, 7) is 6.57. The van der Waals surface area contributed by atoms with Crippen LogP contribution in [-0.2, 0) is 6.54 Å². The Morgan fingerprint density at radius 3 is 2.62 bits per heavy atom. The SMILES string of the molecule is CCCCCCCNCc1cccc(C)c1. The fourth-order valence-corrected chi connectivity index (χ4v) is 1.91. The van der Waals surface area contributed by atoms with Gasteiger partial charge in [0.15, 0.2) is 0 Å². The molecule has 0 saturated carbocycles. The first-order chi connectivity index (χ1) is 7.83. The second kappa shape index (κ2) is 8.35. The second-order valence-electron chi connectivity index (χ2n) is 4.58. The van der Waals surface area contributed by atoms with Crippen molar-refractivity contribution in [2.45, 2.75) is 52.5 Å². The van der Waals surface area contributed by atoms with E-state index in [-0.39, 0.29) is 0 Å². The summed E-state index contributed by atoms with van der Waals surface area (Å²) in [6, 6.07) is 8.73. The van der Waals surface area contributed by atoms with Crippen LogP contribution in [0.5, 0.6) is 0 Å². The number of nitrogens with one attached hydrogen (secondary N) is 1. The zero-order valence-electron chi connectivity index (χ0n) is 10.8. The number of hydrogen-bond donors (Lipinski definition) is 1. The van der Waals surface area contributed by atoms with Gasteiger partial charge in [0, 0.05) is 6.54 Å². The second-order valence-corrected chi connectivity index (χ2v) is 4.58. The minimum atomic E-state index is 1.01. The molecule has 0 aliphatic carbocycles. The molecule has 1 N–H and O–H groups in total. The number of unbranched alkanes of at least 4 members (excludes halogenated alkanes) is 4. The highest BCUT2D eigenvalue weighted by Gasteiger charge is 1.93. The van der Waals surface area contributed by atoms with Gasteiger partial charge in [-0.2, -0.15) is 0 Å². The highest BCUT2D eigenvalue weighted by atomic mass is 14.8. The Morgan fingerprint density at radius 2 is 1.88 bits per heavy atom. The first kappa shape index (κ1) is 13.2. The predicted octanol–water partition coefficient (Wildman–Crippen LogP) is 4.06. The Labute approximate surface area is 100 Å². The summed E-state index contributed by atoms with van der Waals surface area (Å²) in [4.78, 5) is 0. The van der Waals surface area contributed by atoms with Crippen LogP contribution in [0.25, 0.3) is 0 Å². The summed E-state index contributed by atoms with van der Waals surface area (Å²) >= 11 is 0. The van der Waals surface area contributed by atoms with E-state index in [1.54, 1.807) is 0 Å². The quantitative estimate of drug-likeness (QED) is 0.650. The van der Waals surface area contributed by atoms with Gasteiger partial charge in [0.25, 0.3) is 0 Å². The van der Waals surface area contributed by atoms with E-state index in [1.165, 1.54) is 43.2 Å². The summed E-state index contributed by atoms with van der Waals surface area (Å²) in [5.41, 5.74) is 2.75. The van der Waals surface area contributed by atoms with E-state index in [2.05, 4.69) is 43.4 Å². The molecule has 0 heterocycles. The van der Waals surface area contributed by atoms with E-state index in [9.17, 15) is 0 Å². The molecule has 0 atom stereocenters. The van der Waals surface area contributed by atoms with Gasteiger partial charge in [-0.15, -0.1) is 0 Å². The molecule has 0 fully saturated rings. The van der Waals surface area contributed by atoms with Gasteiger partial charge >= 0.3 is 0 Å². The number of benzene rings is 1. The van der Waals surface area contributed by atoms with Crippen LogP contribution in [0.15, 0.2) is 24.3 Å². The van der Waals surface area contributed by atoms with Gasteiger partial charge in [-0.3, -0.25) is 0 Å². The van der Waals surface area contributed by atoms with Crippen molar-refractivity contribution in [3.05, 3.63) is 35.4 Å². The summed E-state index contributed by atoms with van der Waals surface area (Å²) in [5, 5.41) is 3.51. The molecule has 1 heteroatoms. The van der Waals surface area contributed by atoms with Gasteiger partial charge in [0.1, 0.15) is 0 Å². The molecule has 90 valence electrons. The fraction of sp³-hybridized carbons (Fsp3) is 0.600. The zero-order chi connectivity index (χ0) is 11.6. The largest absolute Gasteiger partial charge is 0.313 e. The summed E-state index contributed by atoms with van der Waals surface area (Å²) in [5.74, 6) is 0. The van der Waals surface area contributed by atoms with E-state index < -0.39 is 0 Å². The Hall–Kier alpha value is -0.820. The maximum atomic E-state index is 3.51. The van der Waals surface area contributed by atoms with Gasteiger partial charge in [-0.1, -0.05) is 62.4 Å². The summed E-state index contributed by atoms with van der Waals surface area (Å²) < 4.78 is 0. The van der Waals surface area contributed by atoms with Gasteiger partial charge in [0.05, 0.1) is 0 Å². The molecule has 0 saturated heterocycles. The Kier molecular flexibility index (Phi) is 6.91. The lowest BCUT2D eigenvalue weighted by atomic mass is 10.1. The molecule has 1 nitrogen and oxygen atoms in total. The van der Waals surface area contributed by atoms with Crippen molar-refractivity contribution in [1.82, 2.24) is 5.32 Å². The minimum absolute atomic E-state index is 1.01. The number of rotatable bonds is 8. The van der Waals surface area contributed by atoms with Crippen LogP contribution >= 0.6 is 0 Å². The van der Waals surface area contributed by atoms with Crippen LogP contribution in [0.2, 0.25) is 0 Å². The highest BCUT2D eigenvalue weighted by Crippen LogP contribution is 2.04. The summed E-state index contributed by atoms with van der Waals surface area (Å²) in [6.07, 6.45) is 6.79. The molecule has 16 heavy (non-hydrogen) atoms. The topological polar surface area (TPSA) is 12.0 Å². The third-order valence-corrected chi connectivity index (χ3v) is 2.87. The maximum absolute atomic E-state index is 3.51. The molecule has 1 rings (SSSR count). The van der Waals surface area contributed by atoms with Gasteiger partial charge in [-0.25, -0.2) is 0 Å². The molecule has 0 bridgehead atoms. The van der Waals surface area contributed by atoms with E-state index in [4.69, 9.17) is 0 Å². The number of aryl methyl sites for hydroxylation is 1. The lowest BCUT2D eigenvalue weighted by Crippen LogP contribution is -2.14. The lowest BCUT2D eigenvalue weighted by Gasteiger charge is -2.05. The molecule has 0 aliphatic heterocycles. The van der Waals surface area contributed by atoms with Crippen molar-refractivity contribution in [3.8, 4) is 0 Å². The van der Waals surface area contributed by atoms with Crippen LogP contribution < -0.4 is 5.32 Å². The third kappa shape index (κ3) is 5.92. The molecule has 1 aromatic rings. The van der Waals surface area contributed by atoms with E-state index in [1.807, 2.05) is 0 Å². The van der Waals surface area contributed by atoms with Crippen molar-refractivity contribution in [2.24, 2.45) is 0 Å². The number of hydrogen-bond acceptors (Lipinski definition) is 1. The van der Waals surface area contributed by atoms with Crippen molar-refractivity contribution >= 4 is 0 Å². The van der Waals surface area contributed by atoms with Gasteiger partial charge in [0.2, 0.25) is 0 Å².